The molecule has 38 heavy (non-hydrogen) atoms. The highest BCUT2D eigenvalue weighted by Crippen LogP contribution is 2.39. The van der Waals surface area contributed by atoms with Crippen LogP contribution in [0.2, 0.25) is 0 Å². The zero-order valence-electron chi connectivity index (χ0n) is 22.2. The predicted molar refractivity (Wildman–Crippen MR) is 138 cm³/mol. The molecule has 0 radical (unpaired) electrons. The Morgan fingerprint density at radius 1 is 0.947 bits per heavy atom. The van der Waals surface area contributed by atoms with Gasteiger partial charge in [-0.05, 0) is 23.3 Å². The zero-order chi connectivity index (χ0) is 27.5. The highest BCUT2D eigenvalue weighted by Gasteiger charge is 2.52. The Balaban J connectivity index is 1.78. The third-order valence-corrected chi connectivity index (χ3v) is 7.37. The standard InChI is InChI=1S/C28H30N4O6/c1-16-17(2)32(36)24(31(16)15-18-10-8-7-9-11-18)22(23-25(33)37-28(3,4)38-26(23)34)19-12-13-20-21(14-19)30(6)27(35)29(20)5/h7-14,22-23H,15H2,1-6H3. The normalized spacial score (nSPS) is 16.5. The van der Waals surface area contributed by atoms with Crippen molar-refractivity contribution in [2.24, 2.45) is 20.0 Å². The number of cyclic esters (lactones) is 2. The molecule has 2 aromatic carbocycles. The quantitative estimate of drug-likeness (QED) is 0.174. The lowest BCUT2D eigenvalue weighted by Crippen LogP contribution is -2.50. The number of ether oxygens (including phenoxy) is 2. The number of rotatable bonds is 5. The van der Waals surface area contributed by atoms with Crippen LogP contribution in [0.1, 0.15) is 48.1 Å². The van der Waals surface area contributed by atoms with Crippen molar-refractivity contribution in [1.82, 2.24) is 13.7 Å². The minimum atomic E-state index is -1.43. The fourth-order valence-electron chi connectivity index (χ4n) is 5.26. The lowest BCUT2D eigenvalue weighted by molar-refractivity contribution is -0.621. The van der Waals surface area contributed by atoms with Gasteiger partial charge in [0.2, 0.25) is 0 Å². The molecule has 1 aliphatic heterocycles. The predicted octanol–water partition coefficient (Wildman–Crippen LogP) is 2.56. The number of aryl methyl sites for hydroxylation is 2. The number of fused-ring (bicyclic) bond motifs is 1. The summed E-state index contributed by atoms with van der Waals surface area (Å²) in [6.45, 7) is 6.86. The second-order valence-corrected chi connectivity index (χ2v) is 10.2. The fraction of sp³-hybridized carbons (Fsp3) is 0.357. The van der Waals surface area contributed by atoms with E-state index in [4.69, 9.17) is 9.47 Å². The number of imidazole rings is 2. The van der Waals surface area contributed by atoms with Crippen LogP contribution in [0, 0.1) is 25.0 Å². The van der Waals surface area contributed by atoms with Crippen molar-refractivity contribution in [2.45, 2.75) is 45.9 Å². The first-order chi connectivity index (χ1) is 17.9. The SMILES string of the molecule is Cc1c(C)[n+]([O-])c(C(c2ccc3c(c2)n(C)c(=O)n3C)C2C(=O)OC(C)(C)OC2=O)n1Cc1ccccc1. The molecule has 3 heterocycles. The van der Waals surface area contributed by atoms with E-state index in [2.05, 4.69) is 0 Å². The van der Waals surface area contributed by atoms with E-state index >= 15 is 0 Å². The van der Waals surface area contributed by atoms with Crippen LogP contribution in [-0.2, 0) is 39.7 Å². The van der Waals surface area contributed by atoms with Crippen LogP contribution >= 0.6 is 0 Å². The lowest BCUT2D eigenvalue weighted by atomic mass is 9.84. The van der Waals surface area contributed by atoms with Crippen LogP contribution in [-0.4, -0.2) is 31.4 Å². The van der Waals surface area contributed by atoms with E-state index in [9.17, 15) is 19.6 Å². The molecule has 0 amide bonds. The summed E-state index contributed by atoms with van der Waals surface area (Å²) < 4.78 is 16.6. The van der Waals surface area contributed by atoms with Crippen LogP contribution < -0.4 is 10.4 Å². The summed E-state index contributed by atoms with van der Waals surface area (Å²) in [5, 5.41) is 13.7. The number of benzene rings is 2. The van der Waals surface area contributed by atoms with Crippen LogP contribution in [0.4, 0.5) is 0 Å². The van der Waals surface area contributed by atoms with E-state index < -0.39 is 29.6 Å². The maximum atomic E-state index is 13.7. The maximum absolute atomic E-state index is 13.7. The largest absolute Gasteiger partial charge is 0.711 e. The molecule has 0 aliphatic carbocycles. The van der Waals surface area contributed by atoms with Crippen molar-refractivity contribution >= 4 is 23.0 Å². The summed E-state index contributed by atoms with van der Waals surface area (Å²) in [7, 11) is 3.32. The molecule has 0 N–H and O–H groups in total. The number of nitrogens with zero attached hydrogens (tertiary/aromatic N) is 4. The van der Waals surface area contributed by atoms with Crippen molar-refractivity contribution in [3.63, 3.8) is 0 Å². The molecule has 5 rings (SSSR count). The van der Waals surface area contributed by atoms with E-state index in [1.54, 1.807) is 39.2 Å². The van der Waals surface area contributed by atoms with Gasteiger partial charge in [0.25, 0.3) is 11.6 Å². The monoisotopic (exact) mass is 518 g/mol. The lowest BCUT2D eigenvalue weighted by Gasteiger charge is -2.35. The third kappa shape index (κ3) is 3.96. The van der Waals surface area contributed by atoms with E-state index in [-0.39, 0.29) is 11.5 Å². The Bertz CT molecular complexity index is 1620. The highest BCUT2D eigenvalue weighted by atomic mass is 16.7. The van der Waals surface area contributed by atoms with Crippen molar-refractivity contribution in [1.29, 1.82) is 0 Å². The number of carbonyl (C=O) groups excluding carboxylic acids is 2. The number of esters is 2. The molecule has 0 bridgehead atoms. The summed E-state index contributed by atoms with van der Waals surface area (Å²) in [5.74, 6) is -5.23. The molecule has 10 heteroatoms. The summed E-state index contributed by atoms with van der Waals surface area (Å²) in [6.07, 6.45) is 0. The van der Waals surface area contributed by atoms with E-state index in [0.717, 1.165) is 10.3 Å². The molecule has 10 nitrogen and oxygen atoms in total. The van der Waals surface area contributed by atoms with Crippen LogP contribution in [0.3, 0.4) is 0 Å². The molecular weight excluding hydrogens is 488 g/mol. The van der Waals surface area contributed by atoms with E-state index in [0.29, 0.717) is 34.5 Å². The first-order valence-electron chi connectivity index (χ1n) is 12.4. The summed E-state index contributed by atoms with van der Waals surface area (Å²) in [5.41, 5.74) is 3.67. The number of hydrogen-bond donors (Lipinski definition) is 0. The van der Waals surface area contributed by atoms with Gasteiger partial charge in [0.1, 0.15) is 23.9 Å². The molecule has 1 fully saturated rings. The molecule has 1 saturated heterocycles. The smallest absolute Gasteiger partial charge is 0.328 e. The average molecular weight is 519 g/mol. The molecule has 198 valence electrons. The van der Waals surface area contributed by atoms with Crippen LogP contribution in [0.15, 0.2) is 53.3 Å². The van der Waals surface area contributed by atoms with Crippen molar-refractivity contribution in [3.05, 3.63) is 92.6 Å². The second kappa shape index (κ2) is 8.90. The van der Waals surface area contributed by atoms with E-state index in [1.165, 1.54) is 23.0 Å². The van der Waals surface area contributed by atoms with Gasteiger partial charge >= 0.3 is 17.6 Å². The Morgan fingerprint density at radius 3 is 2.18 bits per heavy atom. The molecule has 4 aromatic rings. The topological polar surface area (TPSA) is 111 Å². The van der Waals surface area contributed by atoms with E-state index in [1.807, 2.05) is 41.8 Å². The van der Waals surface area contributed by atoms with Gasteiger partial charge in [-0.25, -0.2) is 14.1 Å². The minimum absolute atomic E-state index is 0.211. The van der Waals surface area contributed by atoms with Crippen molar-refractivity contribution in [3.8, 4) is 0 Å². The Morgan fingerprint density at radius 2 is 1.55 bits per heavy atom. The van der Waals surface area contributed by atoms with Gasteiger partial charge < -0.3 is 14.7 Å². The summed E-state index contributed by atoms with van der Waals surface area (Å²) >= 11 is 0. The first kappa shape index (κ1) is 25.3. The highest BCUT2D eigenvalue weighted by molar-refractivity contribution is 5.98. The van der Waals surface area contributed by atoms with Gasteiger partial charge in [-0.15, -0.1) is 0 Å². The van der Waals surface area contributed by atoms with Gasteiger partial charge in [0, 0.05) is 41.8 Å². The number of aromatic nitrogens is 4. The fourth-order valence-corrected chi connectivity index (χ4v) is 5.26. The summed E-state index contributed by atoms with van der Waals surface area (Å²) in [4.78, 5) is 39.3. The average Bonchev–Trinajstić information content (AvgIpc) is 3.20. The van der Waals surface area contributed by atoms with Gasteiger partial charge in [0.15, 0.2) is 5.92 Å². The van der Waals surface area contributed by atoms with Crippen molar-refractivity contribution < 1.29 is 23.8 Å². The molecule has 1 atom stereocenters. The number of carbonyl (C=O) groups is 2. The maximum Gasteiger partial charge on any atom is 0.328 e. The molecule has 0 saturated carbocycles. The second-order valence-electron chi connectivity index (χ2n) is 10.2. The van der Waals surface area contributed by atoms with Gasteiger partial charge in [-0.2, -0.15) is 0 Å². The van der Waals surface area contributed by atoms with Crippen molar-refractivity contribution in [2.75, 3.05) is 0 Å². The first-order valence-corrected chi connectivity index (χ1v) is 12.4. The Hall–Kier alpha value is -4.34. The minimum Gasteiger partial charge on any atom is -0.711 e. The van der Waals surface area contributed by atoms with Crippen LogP contribution in [0.5, 0.6) is 0 Å². The zero-order valence-corrected chi connectivity index (χ0v) is 22.2. The Labute approximate surface area is 219 Å². The van der Waals surface area contributed by atoms with Gasteiger partial charge in [-0.3, -0.25) is 18.7 Å². The number of hydrogen-bond acceptors (Lipinski definition) is 6. The van der Waals surface area contributed by atoms with Crippen LogP contribution in [0.25, 0.3) is 11.0 Å². The van der Waals surface area contributed by atoms with Gasteiger partial charge in [-0.1, -0.05) is 36.4 Å². The summed E-state index contributed by atoms with van der Waals surface area (Å²) in [6, 6.07) is 14.8. The molecule has 1 unspecified atom stereocenters. The molecular formula is C28H30N4O6. The van der Waals surface area contributed by atoms with Gasteiger partial charge in [0.05, 0.1) is 11.0 Å². The molecule has 0 spiro atoms. The Kier molecular flexibility index (Phi) is 5.93. The molecule has 1 aliphatic rings. The molecule has 2 aromatic heterocycles. The third-order valence-electron chi connectivity index (χ3n) is 7.37.